The summed E-state index contributed by atoms with van der Waals surface area (Å²) in [7, 11) is 0. The molecule has 2 nitrogen and oxygen atoms in total. The van der Waals surface area contributed by atoms with Crippen LogP contribution in [0.15, 0.2) is 0 Å². The van der Waals surface area contributed by atoms with Crippen molar-refractivity contribution in [2.45, 2.75) is 38.1 Å². The molecule has 0 unspecified atom stereocenters. The van der Waals surface area contributed by atoms with E-state index in [1.807, 2.05) is 6.92 Å². The smallest absolute Gasteiger partial charge is 0.0613 e. The summed E-state index contributed by atoms with van der Waals surface area (Å²) in [6.07, 6.45) is 4.36. The van der Waals surface area contributed by atoms with Crippen LogP contribution in [0.25, 0.3) is 0 Å². The Kier molecular flexibility index (Phi) is 3.58. The van der Waals surface area contributed by atoms with Crippen LogP contribution in [0, 0.1) is 11.8 Å². The Hall–Kier alpha value is -0.520. The second-order valence-electron chi connectivity index (χ2n) is 3.40. The van der Waals surface area contributed by atoms with Gasteiger partial charge in [0.2, 0.25) is 0 Å². The topological polar surface area (TPSA) is 32.3 Å². The van der Waals surface area contributed by atoms with Gasteiger partial charge < -0.3 is 10.4 Å². The molecule has 0 aromatic heterocycles. The molecule has 12 heavy (non-hydrogen) atoms. The van der Waals surface area contributed by atoms with Crippen LogP contribution in [-0.2, 0) is 0 Å². The average Bonchev–Trinajstić information content (AvgIpc) is 2.02. The summed E-state index contributed by atoms with van der Waals surface area (Å²) in [4.78, 5) is 0. The Balaban J connectivity index is 2.14. The fraction of sp³-hybridized carbons (Fsp3) is 0.800. The molecule has 0 saturated heterocycles. The quantitative estimate of drug-likeness (QED) is 0.482. The van der Waals surface area contributed by atoms with Gasteiger partial charge in [0.05, 0.1) is 6.61 Å². The van der Waals surface area contributed by atoms with E-state index in [1.165, 1.54) is 6.42 Å². The van der Waals surface area contributed by atoms with Crippen molar-refractivity contribution in [3.8, 4) is 11.8 Å². The molecular formula is C10H17NO. The molecule has 0 bridgehead atoms. The van der Waals surface area contributed by atoms with Crippen molar-refractivity contribution in [2.24, 2.45) is 0 Å². The first kappa shape index (κ1) is 9.57. The molecule has 0 aromatic carbocycles. The Morgan fingerprint density at radius 2 is 2.25 bits per heavy atom. The molecule has 0 radical (unpaired) electrons. The van der Waals surface area contributed by atoms with Gasteiger partial charge in [-0.15, -0.1) is 11.8 Å². The van der Waals surface area contributed by atoms with Gasteiger partial charge in [0, 0.05) is 18.5 Å². The molecular weight excluding hydrogens is 150 g/mol. The van der Waals surface area contributed by atoms with Gasteiger partial charge >= 0.3 is 0 Å². The SMILES string of the molecule is CC#CCCNC1(CO)CCC1. The van der Waals surface area contributed by atoms with E-state index in [4.69, 9.17) is 5.11 Å². The highest BCUT2D eigenvalue weighted by atomic mass is 16.3. The normalized spacial score (nSPS) is 19.2. The minimum Gasteiger partial charge on any atom is -0.394 e. The van der Waals surface area contributed by atoms with Crippen LogP contribution < -0.4 is 5.32 Å². The van der Waals surface area contributed by atoms with Crippen molar-refractivity contribution in [3.05, 3.63) is 0 Å². The van der Waals surface area contributed by atoms with E-state index in [0.717, 1.165) is 25.8 Å². The predicted molar refractivity (Wildman–Crippen MR) is 49.7 cm³/mol. The van der Waals surface area contributed by atoms with Crippen molar-refractivity contribution in [1.82, 2.24) is 5.32 Å². The van der Waals surface area contributed by atoms with E-state index in [-0.39, 0.29) is 12.1 Å². The number of rotatable bonds is 4. The zero-order chi connectivity index (χ0) is 8.86. The molecule has 0 amide bonds. The van der Waals surface area contributed by atoms with Gasteiger partial charge in [0.25, 0.3) is 0 Å². The van der Waals surface area contributed by atoms with Crippen molar-refractivity contribution in [1.29, 1.82) is 0 Å². The van der Waals surface area contributed by atoms with Crippen LogP contribution in [0.5, 0.6) is 0 Å². The van der Waals surface area contributed by atoms with Crippen LogP contribution in [0.2, 0.25) is 0 Å². The minimum absolute atomic E-state index is 0.0510. The molecule has 1 saturated carbocycles. The van der Waals surface area contributed by atoms with Gasteiger partial charge in [0.15, 0.2) is 0 Å². The summed E-state index contributed by atoms with van der Waals surface area (Å²) in [6.45, 7) is 3.03. The minimum atomic E-state index is 0.0510. The van der Waals surface area contributed by atoms with E-state index in [1.54, 1.807) is 0 Å². The highest BCUT2D eigenvalue weighted by Crippen LogP contribution is 2.30. The Morgan fingerprint density at radius 3 is 2.67 bits per heavy atom. The third-order valence-electron chi connectivity index (χ3n) is 2.54. The van der Waals surface area contributed by atoms with E-state index in [2.05, 4.69) is 17.2 Å². The third kappa shape index (κ3) is 2.23. The Labute approximate surface area is 74.4 Å². The standard InChI is InChI=1S/C10H17NO/c1-2-3-4-8-11-10(9-12)6-5-7-10/h11-12H,4-9H2,1H3. The largest absolute Gasteiger partial charge is 0.394 e. The van der Waals surface area contributed by atoms with Crippen LogP contribution in [-0.4, -0.2) is 23.8 Å². The summed E-state index contributed by atoms with van der Waals surface area (Å²) in [5, 5.41) is 12.5. The number of hydrogen-bond acceptors (Lipinski definition) is 2. The summed E-state index contributed by atoms with van der Waals surface area (Å²) >= 11 is 0. The van der Waals surface area contributed by atoms with Crippen LogP contribution in [0.1, 0.15) is 32.6 Å². The summed E-state index contributed by atoms with van der Waals surface area (Å²) in [5.74, 6) is 5.85. The fourth-order valence-electron chi connectivity index (χ4n) is 1.51. The molecule has 0 atom stereocenters. The fourth-order valence-corrected chi connectivity index (χ4v) is 1.51. The summed E-state index contributed by atoms with van der Waals surface area (Å²) in [5.41, 5.74) is 0.0510. The highest BCUT2D eigenvalue weighted by Gasteiger charge is 2.35. The second kappa shape index (κ2) is 4.49. The van der Waals surface area contributed by atoms with Gasteiger partial charge in [-0.25, -0.2) is 0 Å². The van der Waals surface area contributed by atoms with Gasteiger partial charge in [-0.3, -0.25) is 0 Å². The third-order valence-corrected chi connectivity index (χ3v) is 2.54. The molecule has 0 spiro atoms. The molecule has 2 N–H and O–H groups in total. The number of aliphatic hydroxyl groups is 1. The predicted octanol–water partition coefficient (Wildman–Crippen LogP) is 0.904. The lowest BCUT2D eigenvalue weighted by molar-refractivity contribution is 0.0899. The highest BCUT2D eigenvalue weighted by molar-refractivity contribution is 4.99. The molecule has 1 aliphatic carbocycles. The molecule has 1 fully saturated rings. The van der Waals surface area contributed by atoms with Crippen molar-refractivity contribution >= 4 is 0 Å². The van der Waals surface area contributed by atoms with Crippen LogP contribution in [0.4, 0.5) is 0 Å². The number of hydrogen-bond donors (Lipinski definition) is 2. The average molecular weight is 167 g/mol. The second-order valence-corrected chi connectivity index (χ2v) is 3.40. The maximum absolute atomic E-state index is 9.09. The van der Waals surface area contributed by atoms with E-state index in [0.29, 0.717) is 0 Å². The first-order valence-electron chi connectivity index (χ1n) is 4.58. The zero-order valence-electron chi connectivity index (χ0n) is 7.69. The molecule has 0 heterocycles. The van der Waals surface area contributed by atoms with Crippen molar-refractivity contribution in [2.75, 3.05) is 13.2 Å². The Morgan fingerprint density at radius 1 is 1.50 bits per heavy atom. The lowest BCUT2D eigenvalue weighted by Crippen LogP contribution is -2.54. The Bertz CT molecular complexity index is 180. The molecule has 0 aromatic rings. The number of aliphatic hydroxyl groups excluding tert-OH is 1. The summed E-state index contributed by atoms with van der Waals surface area (Å²) < 4.78 is 0. The van der Waals surface area contributed by atoms with E-state index < -0.39 is 0 Å². The molecule has 2 heteroatoms. The lowest BCUT2D eigenvalue weighted by atomic mass is 9.77. The van der Waals surface area contributed by atoms with Gasteiger partial charge in [-0.2, -0.15) is 0 Å². The van der Waals surface area contributed by atoms with Gasteiger partial charge in [-0.05, 0) is 26.2 Å². The van der Waals surface area contributed by atoms with Crippen molar-refractivity contribution in [3.63, 3.8) is 0 Å². The van der Waals surface area contributed by atoms with Gasteiger partial charge in [-0.1, -0.05) is 0 Å². The van der Waals surface area contributed by atoms with Crippen LogP contribution in [0.3, 0.4) is 0 Å². The maximum Gasteiger partial charge on any atom is 0.0613 e. The zero-order valence-corrected chi connectivity index (χ0v) is 7.69. The monoisotopic (exact) mass is 167 g/mol. The molecule has 0 aliphatic heterocycles. The van der Waals surface area contributed by atoms with Crippen LogP contribution >= 0.6 is 0 Å². The summed E-state index contributed by atoms with van der Waals surface area (Å²) in [6, 6.07) is 0. The van der Waals surface area contributed by atoms with E-state index >= 15 is 0 Å². The molecule has 1 rings (SSSR count). The van der Waals surface area contributed by atoms with Crippen molar-refractivity contribution < 1.29 is 5.11 Å². The maximum atomic E-state index is 9.09. The molecule has 68 valence electrons. The van der Waals surface area contributed by atoms with Gasteiger partial charge in [0.1, 0.15) is 0 Å². The first-order valence-corrected chi connectivity index (χ1v) is 4.58. The molecule has 1 aliphatic rings. The van der Waals surface area contributed by atoms with E-state index in [9.17, 15) is 0 Å². The first-order chi connectivity index (χ1) is 5.83. The number of nitrogens with one attached hydrogen (secondary N) is 1. The lowest BCUT2D eigenvalue weighted by Gasteiger charge is -2.41.